The highest BCUT2D eigenvalue weighted by atomic mass is 16.6. The Morgan fingerprint density at radius 2 is 0.514 bits per heavy atom. The van der Waals surface area contributed by atoms with Gasteiger partial charge in [-0.25, -0.2) is 0 Å². The molecule has 440 valence electrons. The molecule has 0 aromatic rings. The van der Waals surface area contributed by atoms with Crippen LogP contribution < -0.4 is 0 Å². The van der Waals surface area contributed by atoms with Crippen molar-refractivity contribution >= 4 is 17.9 Å². The molecule has 0 N–H and O–H groups in total. The first kappa shape index (κ1) is 72.4. The summed E-state index contributed by atoms with van der Waals surface area (Å²) in [6.07, 6.45) is 68.2. The molecule has 0 aromatic carbocycles. The number of carbonyl (C=O) groups excluding carboxylic acids is 3. The van der Waals surface area contributed by atoms with Crippen molar-refractivity contribution < 1.29 is 28.6 Å². The van der Waals surface area contributed by atoms with E-state index in [0.717, 1.165) is 69.6 Å². The van der Waals surface area contributed by atoms with Gasteiger partial charge in [0.15, 0.2) is 6.10 Å². The number of ether oxygens (including phenoxy) is 3. The summed E-state index contributed by atoms with van der Waals surface area (Å²) in [6.45, 7) is 11.5. The summed E-state index contributed by atoms with van der Waals surface area (Å²) >= 11 is 0. The summed E-state index contributed by atoms with van der Waals surface area (Å²) in [5.74, 6) is 0.920. The predicted octanol–water partition coefficient (Wildman–Crippen LogP) is 22.8. The van der Waals surface area contributed by atoms with Gasteiger partial charge in [0.05, 0.1) is 0 Å². The third-order valence-electron chi connectivity index (χ3n) is 16.1. The zero-order valence-corrected chi connectivity index (χ0v) is 51.0. The first-order valence-corrected chi connectivity index (χ1v) is 33.8. The first-order chi connectivity index (χ1) is 36.3. The SMILES string of the molecule is CCCCCCCCCCCCCCCCCCCCC(=O)OC[C@@H](COC(=O)CCCCCCCCCCCCCCCCCCCCC(C)CC)OC(=O)CCCCCCCCCCCCCCCC(C)C. The number of hydrogen-bond acceptors (Lipinski definition) is 6. The molecule has 0 aliphatic rings. The highest BCUT2D eigenvalue weighted by molar-refractivity contribution is 5.71. The minimum atomic E-state index is -0.764. The number of carbonyl (C=O) groups is 3. The van der Waals surface area contributed by atoms with Gasteiger partial charge in [0.25, 0.3) is 0 Å². The maximum atomic E-state index is 12.9. The zero-order valence-electron chi connectivity index (χ0n) is 51.0. The predicted molar refractivity (Wildman–Crippen MR) is 321 cm³/mol. The fourth-order valence-corrected chi connectivity index (χ4v) is 10.6. The van der Waals surface area contributed by atoms with Crippen LogP contribution in [0.25, 0.3) is 0 Å². The van der Waals surface area contributed by atoms with Gasteiger partial charge in [0.1, 0.15) is 13.2 Å². The van der Waals surface area contributed by atoms with Crippen molar-refractivity contribution in [1.82, 2.24) is 0 Å². The number of esters is 3. The van der Waals surface area contributed by atoms with E-state index < -0.39 is 6.10 Å². The standard InChI is InChI=1S/C68H132O6/c1-6-8-9-10-11-12-13-14-15-16-20-23-28-33-38-43-48-53-58-66(69)72-61-65(74-68(71)60-55-50-45-40-35-30-25-26-31-36-41-46-51-56-63(3)4)62-73-67(70)59-54-49-44-39-34-29-24-21-18-17-19-22-27-32-37-42-47-52-57-64(5)7-2/h63-65H,6-62H2,1-5H3/t64?,65-/m0/s1. The number of hydrogen-bond donors (Lipinski definition) is 0. The molecule has 0 radical (unpaired) electrons. The van der Waals surface area contributed by atoms with E-state index in [9.17, 15) is 14.4 Å². The van der Waals surface area contributed by atoms with Crippen LogP contribution in [0.1, 0.15) is 388 Å². The van der Waals surface area contributed by atoms with Crippen LogP contribution in [0.4, 0.5) is 0 Å². The molecule has 0 saturated carbocycles. The van der Waals surface area contributed by atoms with Crippen molar-refractivity contribution in [1.29, 1.82) is 0 Å². The van der Waals surface area contributed by atoms with Crippen molar-refractivity contribution in [2.24, 2.45) is 11.8 Å². The Morgan fingerprint density at radius 3 is 0.770 bits per heavy atom. The molecule has 0 aromatic heterocycles. The Balaban J connectivity index is 4.26. The second-order valence-corrected chi connectivity index (χ2v) is 24.2. The van der Waals surface area contributed by atoms with Gasteiger partial charge in [-0.3, -0.25) is 14.4 Å². The van der Waals surface area contributed by atoms with Gasteiger partial charge in [0, 0.05) is 19.3 Å². The lowest BCUT2D eigenvalue weighted by Gasteiger charge is -2.18. The summed E-state index contributed by atoms with van der Waals surface area (Å²) in [6, 6.07) is 0. The molecule has 2 atom stereocenters. The van der Waals surface area contributed by atoms with Crippen molar-refractivity contribution in [3.8, 4) is 0 Å². The molecule has 6 nitrogen and oxygen atoms in total. The third kappa shape index (κ3) is 59.7. The van der Waals surface area contributed by atoms with Crippen LogP contribution >= 0.6 is 0 Å². The second-order valence-electron chi connectivity index (χ2n) is 24.2. The van der Waals surface area contributed by atoms with E-state index in [-0.39, 0.29) is 31.1 Å². The van der Waals surface area contributed by atoms with Gasteiger partial charge in [-0.1, -0.05) is 349 Å². The average Bonchev–Trinajstić information content (AvgIpc) is 3.39. The number of unbranched alkanes of at least 4 members (excludes halogenated alkanes) is 46. The highest BCUT2D eigenvalue weighted by Crippen LogP contribution is 2.20. The van der Waals surface area contributed by atoms with Gasteiger partial charge in [-0.15, -0.1) is 0 Å². The molecule has 0 rings (SSSR count). The topological polar surface area (TPSA) is 78.9 Å². The Bertz CT molecular complexity index is 1140. The van der Waals surface area contributed by atoms with Crippen LogP contribution in [-0.4, -0.2) is 37.2 Å². The maximum Gasteiger partial charge on any atom is 0.306 e. The minimum Gasteiger partial charge on any atom is -0.462 e. The van der Waals surface area contributed by atoms with Gasteiger partial charge in [0.2, 0.25) is 0 Å². The largest absolute Gasteiger partial charge is 0.462 e. The Morgan fingerprint density at radius 1 is 0.284 bits per heavy atom. The lowest BCUT2D eigenvalue weighted by Crippen LogP contribution is -2.30. The summed E-state index contributed by atoms with van der Waals surface area (Å²) < 4.78 is 17.0. The molecule has 0 amide bonds. The van der Waals surface area contributed by atoms with Crippen LogP contribution in [-0.2, 0) is 28.6 Å². The van der Waals surface area contributed by atoms with E-state index in [1.165, 1.54) is 276 Å². The van der Waals surface area contributed by atoms with Gasteiger partial charge in [-0.2, -0.15) is 0 Å². The Labute approximate surface area is 463 Å². The molecular formula is C68H132O6. The molecular weight excluding hydrogens is 913 g/mol. The first-order valence-electron chi connectivity index (χ1n) is 33.8. The minimum absolute atomic E-state index is 0.0616. The average molecular weight is 1050 g/mol. The lowest BCUT2D eigenvalue weighted by molar-refractivity contribution is -0.167. The molecule has 0 bridgehead atoms. The van der Waals surface area contributed by atoms with E-state index in [2.05, 4.69) is 34.6 Å². The maximum absolute atomic E-state index is 12.9. The van der Waals surface area contributed by atoms with E-state index in [4.69, 9.17) is 14.2 Å². The quantitative estimate of drug-likeness (QED) is 0.0343. The van der Waals surface area contributed by atoms with E-state index >= 15 is 0 Å². The van der Waals surface area contributed by atoms with Crippen molar-refractivity contribution in [3.63, 3.8) is 0 Å². The summed E-state index contributed by atoms with van der Waals surface area (Å²) in [7, 11) is 0. The molecule has 74 heavy (non-hydrogen) atoms. The van der Waals surface area contributed by atoms with Crippen molar-refractivity contribution in [2.45, 2.75) is 394 Å². The molecule has 0 heterocycles. The zero-order chi connectivity index (χ0) is 53.9. The monoisotopic (exact) mass is 1050 g/mol. The van der Waals surface area contributed by atoms with Crippen molar-refractivity contribution in [2.75, 3.05) is 13.2 Å². The van der Waals surface area contributed by atoms with Crippen LogP contribution in [0.15, 0.2) is 0 Å². The van der Waals surface area contributed by atoms with Gasteiger partial charge < -0.3 is 14.2 Å². The van der Waals surface area contributed by atoms with Crippen LogP contribution in [0.5, 0.6) is 0 Å². The normalized spacial score (nSPS) is 12.4. The van der Waals surface area contributed by atoms with E-state index in [0.29, 0.717) is 19.3 Å². The van der Waals surface area contributed by atoms with Gasteiger partial charge >= 0.3 is 17.9 Å². The Hall–Kier alpha value is -1.59. The molecule has 0 fully saturated rings. The molecule has 0 aliphatic heterocycles. The van der Waals surface area contributed by atoms with Gasteiger partial charge in [-0.05, 0) is 31.1 Å². The van der Waals surface area contributed by atoms with E-state index in [1.54, 1.807) is 0 Å². The van der Waals surface area contributed by atoms with Crippen LogP contribution in [0.2, 0.25) is 0 Å². The highest BCUT2D eigenvalue weighted by Gasteiger charge is 2.20. The third-order valence-corrected chi connectivity index (χ3v) is 16.1. The lowest BCUT2D eigenvalue weighted by atomic mass is 9.99. The van der Waals surface area contributed by atoms with Crippen LogP contribution in [0, 0.1) is 11.8 Å². The summed E-state index contributed by atoms with van der Waals surface area (Å²) in [5.41, 5.74) is 0. The molecule has 1 unspecified atom stereocenters. The van der Waals surface area contributed by atoms with Crippen LogP contribution in [0.3, 0.4) is 0 Å². The fourth-order valence-electron chi connectivity index (χ4n) is 10.6. The second kappa shape index (κ2) is 60.6. The summed E-state index contributed by atoms with van der Waals surface area (Å²) in [5, 5.41) is 0. The molecule has 0 saturated heterocycles. The smallest absolute Gasteiger partial charge is 0.306 e. The van der Waals surface area contributed by atoms with Crippen molar-refractivity contribution in [3.05, 3.63) is 0 Å². The summed E-state index contributed by atoms with van der Waals surface area (Å²) in [4.78, 5) is 38.4. The van der Waals surface area contributed by atoms with E-state index in [1.807, 2.05) is 0 Å². The molecule has 0 spiro atoms. The Kier molecular flexibility index (Phi) is 59.3. The molecule has 0 aliphatic carbocycles. The molecule has 6 heteroatoms. The number of rotatable bonds is 62. The fraction of sp³-hybridized carbons (Fsp3) is 0.956.